The number of benzene rings is 2. The van der Waals surface area contributed by atoms with E-state index < -0.39 is 5.82 Å². The van der Waals surface area contributed by atoms with Crippen molar-refractivity contribution in [1.82, 2.24) is 4.90 Å². The van der Waals surface area contributed by atoms with Crippen molar-refractivity contribution in [2.75, 3.05) is 32.6 Å². The molecular formula is C23H22ClFN2O3S. The standard InChI is InChI=1S/C23H22ClFN2O3S/c1-29-19-10-14-7-8-27(13-22(28)26-18-6-5-15(25)11-17(18)24)23(21-4-3-9-31-21)16(14)12-20(19)30-2/h3-6,9-12,23H,7-8,13H2,1-2H3,(H,26,28). The monoisotopic (exact) mass is 460 g/mol. The summed E-state index contributed by atoms with van der Waals surface area (Å²) in [6.07, 6.45) is 0.780. The summed E-state index contributed by atoms with van der Waals surface area (Å²) in [7, 11) is 3.24. The van der Waals surface area contributed by atoms with Crippen LogP contribution in [0.4, 0.5) is 10.1 Å². The maximum atomic E-state index is 13.3. The van der Waals surface area contributed by atoms with Crippen molar-refractivity contribution >= 4 is 34.5 Å². The first-order valence-electron chi connectivity index (χ1n) is 9.77. The highest BCUT2D eigenvalue weighted by atomic mass is 35.5. The summed E-state index contributed by atoms with van der Waals surface area (Å²) in [5, 5.41) is 4.99. The maximum absolute atomic E-state index is 13.3. The molecule has 1 amide bonds. The second-order valence-corrected chi connectivity index (χ2v) is 8.60. The van der Waals surface area contributed by atoms with Crippen LogP contribution in [0.15, 0.2) is 47.8 Å². The van der Waals surface area contributed by atoms with Crippen LogP contribution in [-0.2, 0) is 11.2 Å². The van der Waals surface area contributed by atoms with E-state index in [-0.39, 0.29) is 23.5 Å². The molecule has 0 spiro atoms. The van der Waals surface area contributed by atoms with Crippen molar-refractivity contribution < 1.29 is 18.7 Å². The van der Waals surface area contributed by atoms with E-state index in [0.29, 0.717) is 23.7 Å². The predicted octanol–water partition coefficient (Wildman–Crippen LogP) is 5.14. The van der Waals surface area contributed by atoms with Gasteiger partial charge in [-0.3, -0.25) is 9.69 Å². The molecule has 0 saturated heterocycles. The molecule has 0 bridgehead atoms. The van der Waals surface area contributed by atoms with Crippen molar-refractivity contribution in [1.29, 1.82) is 0 Å². The third kappa shape index (κ3) is 4.54. The molecule has 162 valence electrons. The lowest BCUT2D eigenvalue weighted by Crippen LogP contribution is -2.41. The van der Waals surface area contributed by atoms with E-state index in [4.69, 9.17) is 21.1 Å². The van der Waals surface area contributed by atoms with E-state index in [1.165, 1.54) is 23.8 Å². The van der Waals surface area contributed by atoms with Gasteiger partial charge in [0.1, 0.15) is 5.82 Å². The number of nitrogens with zero attached hydrogens (tertiary/aromatic N) is 1. The number of hydrogen-bond acceptors (Lipinski definition) is 5. The van der Waals surface area contributed by atoms with Gasteiger partial charge in [-0.2, -0.15) is 0 Å². The van der Waals surface area contributed by atoms with Crippen LogP contribution in [0.3, 0.4) is 0 Å². The lowest BCUT2D eigenvalue weighted by molar-refractivity contribution is -0.117. The summed E-state index contributed by atoms with van der Waals surface area (Å²) >= 11 is 7.71. The van der Waals surface area contributed by atoms with E-state index in [1.807, 2.05) is 23.6 Å². The minimum absolute atomic E-state index is 0.0852. The lowest BCUT2D eigenvalue weighted by Gasteiger charge is -2.37. The number of fused-ring (bicyclic) bond motifs is 1. The number of hydrogen-bond donors (Lipinski definition) is 1. The van der Waals surface area contributed by atoms with Crippen LogP contribution in [0.2, 0.25) is 5.02 Å². The number of halogens is 2. The SMILES string of the molecule is COc1cc2c(cc1OC)C(c1cccs1)N(CC(=O)Nc1ccc(F)cc1Cl)CC2. The van der Waals surface area contributed by atoms with E-state index in [2.05, 4.69) is 16.3 Å². The summed E-state index contributed by atoms with van der Waals surface area (Å²) in [4.78, 5) is 16.1. The van der Waals surface area contributed by atoms with Gasteiger partial charge in [-0.05, 0) is 59.3 Å². The largest absolute Gasteiger partial charge is 0.493 e. The number of rotatable bonds is 6. The van der Waals surface area contributed by atoms with Gasteiger partial charge in [-0.1, -0.05) is 17.7 Å². The summed E-state index contributed by atoms with van der Waals surface area (Å²) < 4.78 is 24.3. The van der Waals surface area contributed by atoms with Crippen LogP contribution >= 0.6 is 22.9 Å². The number of anilines is 1. The number of ether oxygens (including phenoxy) is 2. The molecule has 31 heavy (non-hydrogen) atoms. The Balaban J connectivity index is 1.62. The average Bonchev–Trinajstić information content (AvgIpc) is 3.29. The fraction of sp³-hybridized carbons (Fsp3) is 0.261. The van der Waals surface area contributed by atoms with Crippen LogP contribution in [-0.4, -0.2) is 38.1 Å². The second-order valence-electron chi connectivity index (χ2n) is 7.22. The topological polar surface area (TPSA) is 50.8 Å². The van der Waals surface area contributed by atoms with Gasteiger partial charge in [0, 0.05) is 11.4 Å². The summed E-state index contributed by atoms with van der Waals surface area (Å²) in [6.45, 7) is 0.875. The summed E-state index contributed by atoms with van der Waals surface area (Å²) in [5.41, 5.74) is 2.66. The van der Waals surface area contributed by atoms with Crippen LogP contribution in [0, 0.1) is 5.82 Å². The number of methoxy groups -OCH3 is 2. The molecule has 1 aliphatic rings. The molecule has 2 heterocycles. The van der Waals surface area contributed by atoms with Gasteiger partial charge in [0.2, 0.25) is 5.91 Å². The molecule has 2 aromatic carbocycles. The highest BCUT2D eigenvalue weighted by Crippen LogP contribution is 2.42. The molecule has 1 aliphatic heterocycles. The van der Waals surface area contributed by atoms with E-state index in [0.717, 1.165) is 16.9 Å². The van der Waals surface area contributed by atoms with Gasteiger partial charge < -0.3 is 14.8 Å². The Morgan fingerprint density at radius 3 is 2.68 bits per heavy atom. The zero-order valence-corrected chi connectivity index (χ0v) is 18.7. The van der Waals surface area contributed by atoms with Crippen LogP contribution < -0.4 is 14.8 Å². The first-order chi connectivity index (χ1) is 15.0. The molecule has 1 unspecified atom stereocenters. The van der Waals surface area contributed by atoms with E-state index in [9.17, 15) is 9.18 Å². The van der Waals surface area contributed by atoms with E-state index in [1.54, 1.807) is 25.6 Å². The van der Waals surface area contributed by atoms with Crippen molar-refractivity contribution in [2.24, 2.45) is 0 Å². The van der Waals surface area contributed by atoms with Crippen LogP contribution in [0.25, 0.3) is 0 Å². The molecule has 0 saturated carbocycles. The summed E-state index contributed by atoms with van der Waals surface area (Å²) in [5.74, 6) is 0.701. The van der Waals surface area contributed by atoms with Gasteiger partial charge in [-0.15, -0.1) is 11.3 Å². The normalized spacial score (nSPS) is 15.9. The number of carbonyl (C=O) groups is 1. The van der Waals surface area contributed by atoms with Gasteiger partial charge in [0.25, 0.3) is 0 Å². The van der Waals surface area contributed by atoms with Gasteiger partial charge in [0.05, 0.1) is 37.5 Å². The third-order valence-electron chi connectivity index (χ3n) is 5.34. The Kier molecular flexibility index (Phi) is 6.46. The number of amides is 1. The van der Waals surface area contributed by atoms with Crippen molar-refractivity contribution in [3.05, 3.63) is 74.7 Å². The quantitative estimate of drug-likeness (QED) is 0.553. The first-order valence-corrected chi connectivity index (χ1v) is 11.0. The molecule has 5 nitrogen and oxygen atoms in total. The lowest BCUT2D eigenvalue weighted by atomic mass is 9.91. The minimum Gasteiger partial charge on any atom is -0.493 e. The Hall–Kier alpha value is -2.61. The number of carbonyl (C=O) groups excluding carboxylic acids is 1. The highest BCUT2D eigenvalue weighted by Gasteiger charge is 2.32. The number of nitrogens with one attached hydrogen (secondary N) is 1. The Morgan fingerprint density at radius 1 is 1.23 bits per heavy atom. The van der Waals surface area contributed by atoms with Crippen molar-refractivity contribution in [3.63, 3.8) is 0 Å². The maximum Gasteiger partial charge on any atom is 0.238 e. The Morgan fingerprint density at radius 2 is 2.00 bits per heavy atom. The molecule has 4 rings (SSSR count). The zero-order valence-electron chi connectivity index (χ0n) is 17.2. The third-order valence-corrected chi connectivity index (χ3v) is 6.58. The molecule has 1 aromatic heterocycles. The predicted molar refractivity (Wildman–Crippen MR) is 121 cm³/mol. The number of thiophene rings is 1. The summed E-state index contributed by atoms with van der Waals surface area (Å²) in [6, 6.07) is 11.9. The Bertz CT molecular complexity index is 1090. The molecular weight excluding hydrogens is 439 g/mol. The Labute approximate surface area is 189 Å². The fourth-order valence-electron chi connectivity index (χ4n) is 3.91. The molecule has 3 aromatic rings. The minimum atomic E-state index is -0.447. The van der Waals surface area contributed by atoms with Crippen molar-refractivity contribution in [3.8, 4) is 11.5 Å². The molecule has 0 radical (unpaired) electrons. The first kappa shape index (κ1) is 21.6. The second kappa shape index (κ2) is 9.26. The highest BCUT2D eigenvalue weighted by molar-refractivity contribution is 7.10. The molecule has 8 heteroatoms. The molecule has 0 aliphatic carbocycles. The van der Waals surface area contributed by atoms with Crippen LogP contribution in [0.1, 0.15) is 22.0 Å². The average molecular weight is 461 g/mol. The smallest absolute Gasteiger partial charge is 0.238 e. The molecule has 0 fully saturated rings. The van der Waals surface area contributed by atoms with Crippen LogP contribution in [0.5, 0.6) is 11.5 Å². The van der Waals surface area contributed by atoms with E-state index >= 15 is 0 Å². The molecule has 1 N–H and O–H groups in total. The zero-order chi connectivity index (χ0) is 22.0. The van der Waals surface area contributed by atoms with Gasteiger partial charge >= 0.3 is 0 Å². The van der Waals surface area contributed by atoms with Gasteiger partial charge in [-0.25, -0.2) is 4.39 Å². The van der Waals surface area contributed by atoms with Crippen molar-refractivity contribution in [2.45, 2.75) is 12.5 Å². The fourth-order valence-corrected chi connectivity index (χ4v) is 5.00. The molecule has 1 atom stereocenters. The van der Waals surface area contributed by atoms with Gasteiger partial charge in [0.15, 0.2) is 11.5 Å².